The van der Waals surface area contributed by atoms with E-state index in [1.807, 2.05) is 6.07 Å². The third kappa shape index (κ3) is 3.94. The number of carbonyl (C=O) groups is 1. The van der Waals surface area contributed by atoms with Gasteiger partial charge in [0.05, 0.1) is 17.9 Å². The van der Waals surface area contributed by atoms with Gasteiger partial charge in [0, 0.05) is 11.1 Å². The monoisotopic (exact) mass is 347 g/mol. The highest BCUT2D eigenvalue weighted by molar-refractivity contribution is 6.31. The Balaban J connectivity index is 1.73. The SMILES string of the molecule is CC[C@H]1CCCCN1CC(=O)Nc1cc(Cl)ccc1-n1cncn1. The van der Waals surface area contributed by atoms with Gasteiger partial charge in [-0.3, -0.25) is 9.69 Å². The molecule has 0 aliphatic carbocycles. The molecule has 0 radical (unpaired) electrons. The Morgan fingerprint density at radius 3 is 3.04 bits per heavy atom. The number of piperidine rings is 1. The molecule has 1 atom stereocenters. The van der Waals surface area contributed by atoms with Crippen LogP contribution in [-0.2, 0) is 4.79 Å². The maximum absolute atomic E-state index is 12.5. The van der Waals surface area contributed by atoms with Crippen LogP contribution in [0.3, 0.4) is 0 Å². The molecule has 1 fully saturated rings. The lowest BCUT2D eigenvalue weighted by Crippen LogP contribution is -2.43. The molecule has 1 amide bonds. The molecular weight excluding hydrogens is 326 g/mol. The van der Waals surface area contributed by atoms with Gasteiger partial charge in [-0.15, -0.1) is 0 Å². The first kappa shape index (κ1) is 16.9. The van der Waals surface area contributed by atoms with Crippen LogP contribution < -0.4 is 5.32 Å². The number of hydrogen-bond donors (Lipinski definition) is 1. The Morgan fingerprint density at radius 1 is 1.42 bits per heavy atom. The number of halogens is 1. The number of rotatable bonds is 5. The number of nitrogens with zero attached hydrogens (tertiary/aromatic N) is 4. The Labute approximate surface area is 146 Å². The van der Waals surface area contributed by atoms with Gasteiger partial charge in [0.2, 0.25) is 5.91 Å². The van der Waals surface area contributed by atoms with Crippen LogP contribution >= 0.6 is 11.6 Å². The zero-order valence-corrected chi connectivity index (χ0v) is 14.5. The van der Waals surface area contributed by atoms with Crippen LogP contribution in [0, 0.1) is 0 Å². The van der Waals surface area contributed by atoms with E-state index in [2.05, 4.69) is 27.2 Å². The number of amides is 1. The Hall–Kier alpha value is -1.92. The van der Waals surface area contributed by atoms with Crippen molar-refractivity contribution in [3.63, 3.8) is 0 Å². The molecule has 128 valence electrons. The first-order valence-corrected chi connectivity index (χ1v) is 8.73. The van der Waals surface area contributed by atoms with E-state index >= 15 is 0 Å². The fourth-order valence-corrected chi connectivity index (χ4v) is 3.42. The minimum Gasteiger partial charge on any atom is -0.323 e. The second-order valence-electron chi connectivity index (χ2n) is 6.08. The van der Waals surface area contributed by atoms with Crippen molar-refractivity contribution in [1.29, 1.82) is 0 Å². The van der Waals surface area contributed by atoms with Crippen LogP contribution in [0.1, 0.15) is 32.6 Å². The summed E-state index contributed by atoms with van der Waals surface area (Å²) in [6.45, 7) is 3.57. The second-order valence-corrected chi connectivity index (χ2v) is 6.51. The maximum Gasteiger partial charge on any atom is 0.238 e. The number of benzene rings is 1. The van der Waals surface area contributed by atoms with E-state index in [0.29, 0.717) is 23.3 Å². The van der Waals surface area contributed by atoms with Crippen LogP contribution in [-0.4, -0.2) is 44.7 Å². The molecule has 0 unspecified atom stereocenters. The molecule has 7 heteroatoms. The van der Waals surface area contributed by atoms with Crippen molar-refractivity contribution in [1.82, 2.24) is 19.7 Å². The first-order valence-electron chi connectivity index (χ1n) is 8.36. The average molecular weight is 348 g/mol. The van der Waals surface area contributed by atoms with Gasteiger partial charge in [-0.25, -0.2) is 9.67 Å². The van der Waals surface area contributed by atoms with Crippen LogP contribution in [0.2, 0.25) is 5.02 Å². The molecule has 2 heterocycles. The molecule has 1 aromatic heterocycles. The molecule has 1 aliphatic heterocycles. The number of aromatic nitrogens is 3. The van der Waals surface area contributed by atoms with Gasteiger partial charge in [0.15, 0.2) is 0 Å². The Morgan fingerprint density at radius 2 is 2.29 bits per heavy atom. The lowest BCUT2D eigenvalue weighted by molar-refractivity contribution is -0.118. The topological polar surface area (TPSA) is 63.1 Å². The zero-order chi connectivity index (χ0) is 16.9. The predicted molar refractivity (Wildman–Crippen MR) is 94.5 cm³/mol. The fourth-order valence-electron chi connectivity index (χ4n) is 3.25. The van der Waals surface area contributed by atoms with E-state index in [1.165, 1.54) is 19.2 Å². The van der Waals surface area contributed by atoms with E-state index in [9.17, 15) is 4.79 Å². The summed E-state index contributed by atoms with van der Waals surface area (Å²) in [5.41, 5.74) is 1.39. The molecule has 3 rings (SSSR count). The number of anilines is 1. The highest BCUT2D eigenvalue weighted by atomic mass is 35.5. The maximum atomic E-state index is 12.5. The normalized spacial score (nSPS) is 18.5. The van der Waals surface area contributed by atoms with Crippen molar-refractivity contribution < 1.29 is 4.79 Å². The molecule has 0 saturated carbocycles. The number of hydrogen-bond acceptors (Lipinski definition) is 4. The summed E-state index contributed by atoms with van der Waals surface area (Å²) < 4.78 is 1.61. The van der Waals surface area contributed by atoms with Gasteiger partial charge < -0.3 is 5.32 Å². The first-order chi connectivity index (χ1) is 11.7. The third-order valence-corrected chi connectivity index (χ3v) is 4.70. The molecule has 24 heavy (non-hydrogen) atoms. The van der Waals surface area contributed by atoms with Gasteiger partial charge in [-0.2, -0.15) is 5.10 Å². The van der Waals surface area contributed by atoms with Crippen molar-refractivity contribution in [3.8, 4) is 5.69 Å². The summed E-state index contributed by atoms with van der Waals surface area (Å²) in [5, 5.41) is 7.67. The van der Waals surface area contributed by atoms with Crippen molar-refractivity contribution in [2.24, 2.45) is 0 Å². The molecule has 2 aromatic rings. The van der Waals surface area contributed by atoms with Gasteiger partial charge in [0.1, 0.15) is 12.7 Å². The summed E-state index contributed by atoms with van der Waals surface area (Å²) in [4.78, 5) is 18.8. The Kier molecular flexibility index (Phi) is 5.48. The standard InChI is InChI=1S/C17H22ClN5O/c1-2-14-5-3-4-8-22(14)10-17(24)21-15-9-13(18)6-7-16(15)23-12-19-11-20-23/h6-7,9,11-12,14H,2-5,8,10H2,1H3,(H,21,24)/t14-/m0/s1. The molecule has 1 saturated heterocycles. The zero-order valence-electron chi connectivity index (χ0n) is 13.8. The van der Waals surface area contributed by atoms with Crippen LogP contribution in [0.4, 0.5) is 5.69 Å². The highest BCUT2D eigenvalue weighted by Crippen LogP contribution is 2.24. The molecule has 6 nitrogen and oxygen atoms in total. The minimum atomic E-state index is -0.0287. The fraction of sp³-hybridized carbons (Fsp3) is 0.471. The quantitative estimate of drug-likeness (QED) is 0.902. The van der Waals surface area contributed by atoms with Crippen molar-refractivity contribution in [2.75, 3.05) is 18.4 Å². The Bertz CT molecular complexity index is 688. The smallest absolute Gasteiger partial charge is 0.238 e. The van der Waals surface area contributed by atoms with Crippen LogP contribution in [0.5, 0.6) is 0 Å². The van der Waals surface area contributed by atoms with Gasteiger partial charge in [0.25, 0.3) is 0 Å². The summed E-state index contributed by atoms with van der Waals surface area (Å²) in [6.07, 6.45) is 7.71. The van der Waals surface area contributed by atoms with Crippen molar-refractivity contribution in [2.45, 2.75) is 38.6 Å². The van der Waals surface area contributed by atoms with E-state index in [1.54, 1.807) is 23.1 Å². The molecule has 1 N–H and O–H groups in total. The molecule has 0 spiro atoms. The van der Waals surface area contributed by atoms with Crippen LogP contribution in [0.15, 0.2) is 30.9 Å². The van der Waals surface area contributed by atoms with Crippen molar-refractivity contribution in [3.05, 3.63) is 35.9 Å². The van der Waals surface area contributed by atoms with Crippen molar-refractivity contribution >= 4 is 23.2 Å². The predicted octanol–water partition coefficient (Wildman–Crippen LogP) is 3.12. The number of carbonyl (C=O) groups excluding carboxylic acids is 1. The minimum absolute atomic E-state index is 0.0287. The van der Waals surface area contributed by atoms with Crippen LogP contribution in [0.25, 0.3) is 5.69 Å². The van der Waals surface area contributed by atoms with E-state index in [4.69, 9.17) is 11.6 Å². The van der Waals surface area contributed by atoms with E-state index in [-0.39, 0.29) is 5.91 Å². The average Bonchev–Trinajstić information content (AvgIpc) is 3.09. The van der Waals surface area contributed by atoms with Gasteiger partial charge in [-0.1, -0.05) is 24.9 Å². The van der Waals surface area contributed by atoms with Gasteiger partial charge >= 0.3 is 0 Å². The van der Waals surface area contributed by atoms with Gasteiger partial charge in [-0.05, 0) is 44.0 Å². The molecular formula is C17H22ClN5O. The summed E-state index contributed by atoms with van der Waals surface area (Å²) in [7, 11) is 0. The summed E-state index contributed by atoms with van der Waals surface area (Å²) >= 11 is 6.09. The highest BCUT2D eigenvalue weighted by Gasteiger charge is 2.23. The molecule has 0 bridgehead atoms. The lowest BCUT2D eigenvalue weighted by atomic mass is 10.00. The summed E-state index contributed by atoms with van der Waals surface area (Å²) in [6, 6.07) is 5.83. The number of nitrogens with one attached hydrogen (secondary N) is 1. The summed E-state index contributed by atoms with van der Waals surface area (Å²) in [5.74, 6) is -0.0287. The van der Waals surface area contributed by atoms with E-state index in [0.717, 1.165) is 25.1 Å². The van der Waals surface area contributed by atoms with E-state index < -0.39 is 0 Å². The largest absolute Gasteiger partial charge is 0.323 e. The molecule has 1 aliphatic rings. The lowest BCUT2D eigenvalue weighted by Gasteiger charge is -2.34. The number of likely N-dealkylation sites (tertiary alicyclic amines) is 1. The third-order valence-electron chi connectivity index (χ3n) is 4.47. The second kappa shape index (κ2) is 7.77. The molecule has 1 aromatic carbocycles.